The number of aromatic nitrogens is 2. The molecule has 8 nitrogen and oxygen atoms in total. The van der Waals surface area contributed by atoms with Crippen molar-refractivity contribution in [1.29, 1.82) is 0 Å². The SMILES string of the molecule is O=C(O)CN1C[C@@H]2COC[C@H](C1)N(C(=O)c1cccc(Cn3cccn3)c1)C2. The molecule has 4 rings (SSSR count). The smallest absolute Gasteiger partial charge is 0.317 e. The molecule has 0 aliphatic carbocycles. The third-order valence-electron chi connectivity index (χ3n) is 5.24. The minimum absolute atomic E-state index is 0.00557. The Balaban J connectivity index is 1.53. The monoisotopic (exact) mass is 384 g/mol. The van der Waals surface area contributed by atoms with Crippen molar-refractivity contribution < 1.29 is 19.4 Å². The van der Waals surface area contributed by atoms with Crippen molar-refractivity contribution in [2.24, 2.45) is 5.92 Å². The lowest BCUT2D eigenvalue weighted by Gasteiger charge is -2.30. The van der Waals surface area contributed by atoms with Gasteiger partial charge in [-0.2, -0.15) is 5.10 Å². The summed E-state index contributed by atoms with van der Waals surface area (Å²) in [5.41, 5.74) is 1.65. The van der Waals surface area contributed by atoms with Crippen LogP contribution in [0.3, 0.4) is 0 Å². The first-order valence-electron chi connectivity index (χ1n) is 9.47. The van der Waals surface area contributed by atoms with Crippen LogP contribution in [0.15, 0.2) is 42.7 Å². The summed E-state index contributed by atoms with van der Waals surface area (Å²) in [6.07, 6.45) is 3.62. The Morgan fingerprint density at radius 1 is 1.18 bits per heavy atom. The number of rotatable bonds is 5. The Kier molecular flexibility index (Phi) is 5.40. The average Bonchev–Trinajstić information content (AvgIpc) is 3.00. The van der Waals surface area contributed by atoms with Crippen molar-refractivity contribution in [3.8, 4) is 0 Å². The summed E-state index contributed by atoms with van der Waals surface area (Å²) >= 11 is 0. The van der Waals surface area contributed by atoms with Gasteiger partial charge < -0.3 is 14.7 Å². The maximum absolute atomic E-state index is 13.3. The molecule has 2 aliphatic rings. The van der Waals surface area contributed by atoms with Crippen LogP contribution < -0.4 is 0 Å². The molecule has 148 valence electrons. The molecule has 2 atom stereocenters. The van der Waals surface area contributed by atoms with E-state index in [1.165, 1.54) is 0 Å². The van der Waals surface area contributed by atoms with E-state index in [0.717, 1.165) is 5.56 Å². The lowest BCUT2D eigenvalue weighted by Crippen LogP contribution is -2.47. The normalized spacial score (nSPS) is 22.6. The second-order valence-corrected chi connectivity index (χ2v) is 7.51. The maximum atomic E-state index is 13.3. The van der Waals surface area contributed by atoms with Crippen LogP contribution in [-0.2, 0) is 16.1 Å². The Morgan fingerprint density at radius 3 is 2.86 bits per heavy atom. The van der Waals surface area contributed by atoms with E-state index in [-0.39, 0.29) is 24.4 Å². The molecule has 0 spiro atoms. The number of benzene rings is 1. The van der Waals surface area contributed by atoms with E-state index >= 15 is 0 Å². The van der Waals surface area contributed by atoms with Gasteiger partial charge in [-0.1, -0.05) is 12.1 Å². The highest BCUT2D eigenvalue weighted by Crippen LogP contribution is 2.22. The molecule has 2 aliphatic heterocycles. The minimum atomic E-state index is -0.843. The Morgan fingerprint density at radius 2 is 2.07 bits per heavy atom. The summed E-state index contributed by atoms with van der Waals surface area (Å²) in [6, 6.07) is 9.35. The zero-order chi connectivity index (χ0) is 19.5. The van der Waals surface area contributed by atoms with Crippen molar-refractivity contribution in [3.63, 3.8) is 0 Å². The van der Waals surface area contributed by atoms with E-state index in [4.69, 9.17) is 9.84 Å². The summed E-state index contributed by atoms with van der Waals surface area (Å²) in [5, 5.41) is 13.4. The van der Waals surface area contributed by atoms with Crippen LogP contribution in [0.25, 0.3) is 0 Å². The molecule has 8 heteroatoms. The van der Waals surface area contributed by atoms with Gasteiger partial charge in [-0.05, 0) is 23.8 Å². The fourth-order valence-corrected chi connectivity index (χ4v) is 4.06. The van der Waals surface area contributed by atoms with E-state index in [1.54, 1.807) is 6.20 Å². The van der Waals surface area contributed by atoms with Gasteiger partial charge in [-0.15, -0.1) is 0 Å². The van der Waals surface area contributed by atoms with Crippen LogP contribution in [0.2, 0.25) is 0 Å². The highest BCUT2D eigenvalue weighted by molar-refractivity contribution is 5.94. The Bertz CT molecular complexity index is 838. The topological polar surface area (TPSA) is 87.9 Å². The number of carboxylic acid groups (broad SMARTS) is 1. The van der Waals surface area contributed by atoms with Crippen LogP contribution in [0.4, 0.5) is 0 Å². The molecule has 1 N–H and O–H groups in total. The van der Waals surface area contributed by atoms with Gasteiger partial charge in [-0.25, -0.2) is 0 Å². The fraction of sp³-hybridized carbons (Fsp3) is 0.450. The predicted molar refractivity (Wildman–Crippen MR) is 101 cm³/mol. The lowest BCUT2D eigenvalue weighted by molar-refractivity contribution is -0.138. The lowest BCUT2D eigenvalue weighted by atomic mass is 10.1. The summed E-state index contributed by atoms with van der Waals surface area (Å²) < 4.78 is 7.56. The van der Waals surface area contributed by atoms with Crippen molar-refractivity contribution in [3.05, 3.63) is 53.9 Å². The Labute approximate surface area is 163 Å². The zero-order valence-electron chi connectivity index (χ0n) is 15.6. The molecule has 0 radical (unpaired) electrons. The van der Waals surface area contributed by atoms with Crippen molar-refractivity contribution in [2.45, 2.75) is 12.6 Å². The molecule has 1 aromatic heterocycles. The molecule has 28 heavy (non-hydrogen) atoms. The number of carboxylic acids is 1. The number of fused-ring (bicyclic) bond motifs is 3. The molecule has 0 saturated carbocycles. The Hall–Kier alpha value is -2.71. The molecular formula is C20H24N4O4. The molecule has 2 aromatic rings. The largest absolute Gasteiger partial charge is 0.480 e. The van der Waals surface area contributed by atoms with Crippen molar-refractivity contribution in [2.75, 3.05) is 39.4 Å². The summed E-state index contributed by atoms with van der Waals surface area (Å²) in [4.78, 5) is 28.2. The molecule has 2 bridgehead atoms. The van der Waals surface area contributed by atoms with E-state index in [1.807, 2.05) is 51.0 Å². The van der Waals surface area contributed by atoms with Gasteiger partial charge in [-0.3, -0.25) is 19.2 Å². The van der Waals surface area contributed by atoms with Gasteiger partial charge in [0.1, 0.15) is 0 Å². The van der Waals surface area contributed by atoms with Gasteiger partial charge in [0.15, 0.2) is 0 Å². The van der Waals surface area contributed by atoms with Gasteiger partial charge in [0.05, 0.1) is 32.3 Å². The van der Waals surface area contributed by atoms with Crippen molar-refractivity contribution >= 4 is 11.9 Å². The van der Waals surface area contributed by atoms with Gasteiger partial charge >= 0.3 is 5.97 Å². The molecule has 2 saturated heterocycles. The second kappa shape index (κ2) is 8.12. The fourth-order valence-electron chi connectivity index (χ4n) is 4.06. The first kappa shape index (κ1) is 18.6. The third kappa shape index (κ3) is 4.23. The summed E-state index contributed by atoms with van der Waals surface area (Å²) in [6.45, 7) is 3.32. The van der Waals surface area contributed by atoms with E-state index in [0.29, 0.717) is 45.0 Å². The number of ether oxygens (including phenoxy) is 1. The van der Waals surface area contributed by atoms with Crippen LogP contribution in [0.1, 0.15) is 15.9 Å². The third-order valence-corrected chi connectivity index (χ3v) is 5.24. The van der Waals surface area contributed by atoms with Crippen molar-refractivity contribution in [1.82, 2.24) is 19.6 Å². The quantitative estimate of drug-likeness (QED) is 0.820. The van der Waals surface area contributed by atoms with Gasteiger partial charge in [0, 0.05) is 43.5 Å². The molecular weight excluding hydrogens is 360 g/mol. The molecule has 3 heterocycles. The first-order chi connectivity index (χ1) is 13.6. The maximum Gasteiger partial charge on any atom is 0.317 e. The first-order valence-corrected chi connectivity index (χ1v) is 9.47. The molecule has 1 amide bonds. The van der Waals surface area contributed by atoms with Crippen LogP contribution in [0.5, 0.6) is 0 Å². The van der Waals surface area contributed by atoms with Crippen LogP contribution in [-0.4, -0.2) is 82.0 Å². The van der Waals surface area contributed by atoms with Gasteiger partial charge in [0.2, 0.25) is 0 Å². The minimum Gasteiger partial charge on any atom is -0.480 e. The van der Waals surface area contributed by atoms with Gasteiger partial charge in [0.25, 0.3) is 5.91 Å². The van der Waals surface area contributed by atoms with E-state index in [9.17, 15) is 9.59 Å². The zero-order valence-corrected chi connectivity index (χ0v) is 15.6. The van der Waals surface area contributed by atoms with Crippen LogP contribution in [0, 0.1) is 5.92 Å². The number of hydrogen-bond acceptors (Lipinski definition) is 5. The molecule has 0 unspecified atom stereocenters. The molecule has 1 aromatic carbocycles. The number of amides is 1. The highest BCUT2D eigenvalue weighted by atomic mass is 16.5. The number of carbonyl (C=O) groups excluding carboxylic acids is 1. The molecule has 2 fully saturated rings. The number of carbonyl (C=O) groups is 2. The second-order valence-electron chi connectivity index (χ2n) is 7.51. The number of nitrogens with zero attached hydrogens (tertiary/aromatic N) is 4. The summed E-state index contributed by atoms with van der Waals surface area (Å²) in [7, 11) is 0. The summed E-state index contributed by atoms with van der Waals surface area (Å²) in [5.74, 6) is -0.756. The predicted octanol–water partition coefficient (Wildman–Crippen LogP) is 0.789. The standard InChI is InChI=1S/C20H24N4O4/c25-19(26)12-22-8-16-10-24(18(11-22)14-28-13-16)20(27)17-4-1-3-15(7-17)9-23-6-2-5-21-23/h1-7,16,18H,8-14H2,(H,25,26)/t16-,18-/m0/s1. The number of hydrogen-bond donors (Lipinski definition) is 1. The number of aliphatic carboxylic acids is 1. The van der Waals surface area contributed by atoms with E-state index in [2.05, 4.69) is 5.10 Å². The highest BCUT2D eigenvalue weighted by Gasteiger charge is 2.36. The van der Waals surface area contributed by atoms with E-state index < -0.39 is 5.97 Å². The van der Waals surface area contributed by atoms with Crippen LogP contribution >= 0.6 is 0 Å². The average molecular weight is 384 g/mol.